The number of hydrogen-bond donors (Lipinski definition) is 1. The lowest BCUT2D eigenvalue weighted by molar-refractivity contribution is 0.0981. The molecule has 0 saturated carbocycles. The quantitative estimate of drug-likeness (QED) is 0.869. The van der Waals surface area contributed by atoms with E-state index in [0.717, 1.165) is 25.3 Å². The summed E-state index contributed by atoms with van der Waals surface area (Å²) in [5.41, 5.74) is 0. The van der Waals surface area contributed by atoms with Gasteiger partial charge in [0.1, 0.15) is 5.76 Å². The first-order chi connectivity index (χ1) is 8.16. The molecule has 0 spiro atoms. The fourth-order valence-corrected chi connectivity index (χ4v) is 2.64. The van der Waals surface area contributed by atoms with Crippen LogP contribution in [0.3, 0.4) is 0 Å². The van der Waals surface area contributed by atoms with Gasteiger partial charge in [0.25, 0.3) is 0 Å². The summed E-state index contributed by atoms with van der Waals surface area (Å²) in [6.07, 6.45) is 3.97. The van der Waals surface area contributed by atoms with E-state index in [1.807, 2.05) is 6.07 Å². The van der Waals surface area contributed by atoms with Crippen LogP contribution in [0.15, 0.2) is 22.8 Å². The maximum Gasteiger partial charge on any atom is 0.103 e. The van der Waals surface area contributed by atoms with Crippen molar-refractivity contribution in [1.29, 1.82) is 0 Å². The number of nitrogens with zero attached hydrogens (tertiary/aromatic N) is 1. The molecule has 2 heterocycles. The third-order valence-electron chi connectivity index (χ3n) is 3.77. The van der Waals surface area contributed by atoms with Crippen LogP contribution >= 0.6 is 0 Å². The summed E-state index contributed by atoms with van der Waals surface area (Å²) in [5.74, 6) is 1.10. The van der Waals surface area contributed by atoms with Crippen molar-refractivity contribution in [3.05, 3.63) is 24.2 Å². The van der Waals surface area contributed by atoms with Crippen LogP contribution in [0.5, 0.6) is 0 Å². The molecule has 0 aliphatic carbocycles. The summed E-state index contributed by atoms with van der Waals surface area (Å²) >= 11 is 0. The minimum atomic E-state index is 0.609. The number of aryl methyl sites for hydroxylation is 1. The number of hydrogen-bond acceptors (Lipinski definition) is 3. The highest BCUT2D eigenvalue weighted by Gasteiger charge is 2.26. The van der Waals surface area contributed by atoms with E-state index in [9.17, 15) is 0 Å². The Bertz CT molecular complexity index is 323. The Morgan fingerprint density at radius 2 is 2.35 bits per heavy atom. The van der Waals surface area contributed by atoms with Crippen molar-refractivity contribution in [3.63, 3.8) is 0 Å². The fourth-order valence-electron chi connectivity index (χ4n) is 2.64. The van der Waals surface area contributed by atoms with Gasteiger partial charge in [-0.15, -0.1) is 0 Å². The lowest BCUT2D eigenvalue weighted by Gasteiger charge is -2.41. The Morgan fingerprint density at radius 3 is 3.06 bits per heavy atom. The molecule has 1 aliphatic rings. The third-order valence-corrected chi connectivity index (χ3v) is 3.77. The van der Waals surface area contributed by atoms with Gasteiger partial charge in [-0.3, -0.25) is 4.90 Å². The molecule has 1 fully saturated rings. The van der Waals surface area contributed by atoms with Gasteiger partial charge in [-0.1, -0.05) is 0 Å². The molecule has 0 bridgehead atoms. The molecule has 96 valence electrons. The smallest absolute Gasteiger partial charge is 0.103 e. The van der Waals surface area contributed by atoms with Crippen molar-refractivity contribution >= 4 is 0 Å². The fraction of sp³-hybridized carbons (Fsp3) is 0.714. The minimum Gasteiger partial charge on any atom is -0.469 e. The Kier molecular flexibility index (Phi) is 4.24. The van der Waals surface area contributed by atoms with Crippen molar-refractivity contribution in [2.75, 3.05) is 13.1 Å². The van der Waals surface area contributed by atoms with Gasteiger partial charge >= 0.3 is 0 Å². The summed E-state index contributed by atoms with van der Waals surface area (Å²) in [7, 11) is 0. The third kappa shape index (κ3) is 3.33. The van der Waals surface area contributed by atoms with Crippen molar-refractivity contribution in [2.45, 2.75) is 51.7 Å². The normalized spacial score (nSPS) is 28.2. The van der Waals surface area contributed by atoms with E-state index >= 15 is 0 Å². The van der Waals surface area contributed by atoms with Crippen LogP contribution < -0.4 is 5.32 Å². The first-order valence-electron chi connectivity index (χ1n) is 6.68. The summed E-state index contributed by atoms with van der Waals surface area (Å²) in [6, 6.07) is 5.90. The van der Waals surface area contributed by atoms with E-state index in [1.165, 1.54) is 6.42 Å². The molecule has 1 saturated heterocycles. The van der Waals surface area contributed by atoms with E-state index in [-0.39, 0.29) is 0 Å². The summed E-state index contributed by atoms with van der Waals surface area (Å²) in [5, 5.41) is 3.53. The molecular weight excluding hydrogens is 212 g/mol. The molecule has 0 aromatic carbocycles. The predicted octanol–water partition coefficient (Wildman–Crippen LogP) is 2.28. The SMILES string of the molecule is CC1CN(C(C)CCc2ccco2)C(C)CN1. The second-order valence-electron chi connectivity index (χ2n) is 5.32. The molecule has 1 aromatic heterocycles. The average molecular weight is 236 g/mol. The van der Waals surface area contributed by atoms with Gasteiger partial charge in [0.15, 0.2) is 0 Å². The van der Waals surface area contributed by atoms with Gasteiger partial charge in [0, 0.05) is 37.6 Å². The van der Waals surface area contributed by atoms with Gasteiger partial charge in [-0.2, -0.15) is 0 Å². The molecule has 1 aliphatic heterocycles. The Labute approximate surface area is 104 Å². The van der Waals surface area contributed by atoms with Gasteiger partial charge in [0.05, 0.1) is 6.26 Å². The standard InChI is InChI=1S/C14H24N2O/c1-11-10-16(13(3)9-15-11)12(2)6-7-14-5-4-8-17-14/h4-5,8,11-13,15H,6-7,9-10H2,1-3H3. The summed E-state index contributed by atoms with van der Waals surface area (Å²) in [6.45, 7) is 9.16. The lowest BCUT2D eigenvalue weighted by atomic mass is 10.0. The number of piperazine rings is 1. The highest BCUT2D eigenvalue weighted by Crippen LogP contribution is 2.15. The van der Waals surface area contributed by atoms with Crippen LogP contribution in [0.1, 0.15) is 33.0 Å². The van der Waals surface area contributed by atoms with Crippen LogP contribution in [0.2, 0.25) is 0 Å². The van der Waals surface area contributed by atoms with Crippen LogP contribution in [-0.4, -0.2) is 36.1 Å². The molecule has 3 heteroatoms. The van der Waals surface area contributed by atoms with Crippen LogP contribution in [0, 0.1) is 0 Å². The largest absolute Gasteiger partial charge is 0.469 e. The summed E-state index contributed by atoms with van der Waals surface area (Å²) in [4.78, 5) is 2.62. The van der Waals surface area contributed by atoms with Gasteiger partial charge in [-0.25, -0.2) is 0 Å². The maximum absolute atomic E-state index is 5.39. The second-order valence-corrected chi connectivity index (χ2v) is 5.32. The molecule has 1 N–H and O–H groups in total. The zero-order valence-electron chi connectivity index (χ0n) is 11.1. The Hall–Kier alpha value is -0.800. The molecule has 0 amide bonds. The van der Waals surface area contributed by atoms with E-state index in [0.29, 0.717) is 18.1 Å². The van der Waals surface area contributed by atoms with Gasteiger partial charge in [0.2, 0.25) is 0 Å². The van der Waals surface area contributed by atoms with Gasteiger partial charge < -0.3 is 9.73 Å². The molecule has 17 heavy (non-hydrogen) atoms. The molecule has 0 radical (unpaired) electrons. The van der Waals surface area contributed by atoms with E-state index in [1.54, 1.807) is 6.26 Å². The van der Waals surface area contributed by atoms with E-state index in [2.05, 4.69) is 37.1 Å². The molecule has 3 atom stereocenters. The average Bonchev–Trinajstić information content (AvgIpc) is 2.82. The molecular formula is C14H24N2O. The molecule has 1 aromatic rings. The first kappa shape index (κ1) is 12.7. The first-order valence-corrected chi connectivity index (χ1v) is 6.68. The van der Waals surface area contributed by atoms with Crippen LogP contribution in [0.25, 0.3) is 0 Å². The minimum absolute atomic E-state index is 0.609. The number of furan rings is 1. The number of nitrogens with one attached hydrogen (secondary N) is 1. The van der Waals surface area contributed by atoms with Crippen molar-refractivity contribution < 1.29 is 4.42 Å². The predicted molar refractivity (Wildman–Crippen MR) is 70.1 cm³/mol. The maximum atomic E-state index is 5.39. The highest BCUT2D eigenvalue weighted by molar-refractivity contribution is 4.98. The van der Waals surface area contributed by atoms with Crippen molar-refractivity contribution in [2.24, 2.45) is 0 Å². The molecule has 2 rings (SSSR count). The zero-order chi connectivity index (χ0) is 12.3. The zero-order valence-corrected chi connectivity index (χ0v) is 11.1. The molecule has 3 nitrogen and oxygen atoms in total. The number of rotatable bonds is 4. The van der Waals surface area contributed by atoms with Crippen molar-refractivity contribution in [1.82, 2.24) is 10.2 Å². The second kappa shape index (κ2) is 5.69. The molecule has 3 unspecified atom stereocenters. The van der Waals surface area contributed by atoms with Crippen LogP contribution in [0.4, 0.5) is 0 Å². The monoisotopic (exact) mass is 236 g/mol. The van der Waals surface area contributed by atoms with Gasteiger partial charge in [-0.05, 0) is 39.3 Å². The van der Waals surface area contributed by atoms with Crippen molar-refractivity contribution in [3.8, 4) is 0 Å². The topological polar surface area (TPSA) is 28.4 Å². The van der Waals surface area contributed by atoms with Crippen LogP contribution in [-0.2, 0) is 6.42 Å². The lowest BCUT2D eigenvalue weighted by Crippen LogP contribution is -2.57. The Balaban J connectivity index is 1.83. The summed E-state index contributed by atoms with van der Waals surface area (Å²) < 4.78 is 5.39. The Morgan fingerprint density at radius 1 is 1.53 bits per heavy atom. The highest BCUT2D eigenvalue weighted by atomic mass is 16.3. The van der Waals surface area contributed by atoms with E-state index < -0.39 is 0 Å². The van der Waals surface area contributed by atoms with E-state index in [4.69, 9.17) is 4.42 Å².